The summed E-state index contributed by atoms with van der Waals surface area (Å²) in [7, 11) is 1.23. The molecule has 3 aliphatic heterocycles. The number of piperidine rings is 1. The second-order valence-electron chi connectivity index (χ2n) is 9.73. The highest BCUT2D eigenvalue weighted by Crippen LogP contribution is 2.46. The van der Waals surface area contributed by atoms with Crippen LogP contribution in [0.2, 0.25) is 0 Å². The van der Waals surface area contributed by atoms with Crippen LogP contribution in [0.3, 0.4) is 0 Å². The fraction of sp³-hybridized carbons (Fsp3) is 0.367. The number of esters is 1. The van der Waals surface area contributed by atoms with Crippen molar-refractivity contribution in [1.82, 2.24) is 4.90 Å². The molecule has 0 saturated carbocycles. The third-order valence-electron chi connectivity index (χ3n) is 7.34. The highest BCUT2D eigenvalue weighted by Gasteiger charge is 2.37. The maximum Gasteiger partial charge on any atom is 0.410 e. The number of nitrogens with zero attached hydrogens (tertiary/aromatic N) is 1. The molecule has 1 atom stereocenters. The molecule has 1 saturated heterocycles. The fourth-order valence-electron chi connectivity index (χ4n) is 5.36. The van der Waals surface area contributed by atoms with Crippen LogP contribution in [-0.2, 0) is 27.3 Å². The molecule has 0 spiro atoms. The van der Waals surface area contributed by atoms with E-state index in [9.17, 15) is 14.7 Å². The van der Waals surface area contributed by atoms with Gasteiger partial charge in [0.15, 0.2) is 17.7 Å². The third kappa shape index (κ3) is 5.38. The van der Waals surface area contributed by atoms with Crippen LogP contribution >= 0.6 is 20.7 Å². The van der Waals surface area contributed by atoms with Gasteiger partial charge in [-0.1, -0.05) is 51.1 Å². The smallest absolute Gasteiger partial charge is 0.410 e. The van der Waals surface area contributed by atoms with Crippen LogP contribution in [0.5, 0.6) is 5.75 Å². The van der Waals surface area contributed by atoms with E-state index in [1.54, 1.807) is 4.90 Å². The molecule has 7 nitrogen and oxygen atoms in total. The predicted octanol–water partition coefficient (Wildman–Crippen LogP) is 5.22. The molecule has 0 radical (unpaired) electrons. The fourth-order valence-corrected chi connectivity index (χ4v) is 8.47. The number of aliphatic hydroxyl groups excluding tert-OH is 1. The minimum atomic E-state index is -1.52. The molecule has 39 heavy (non-hydrogen) atoms. The number of carbonyl (C=O) groups excluding carboxylic acids is 2. The number of hydrogen-bond acceptors (Lipinski definition) is 6. The minimum absolute atomic E-state index is 0.159. The number of fused-ring (bicyclic) bond motifs is 2. The maximum absolute atomic E-state index is 15.4. The van der Waals surface area contributed by atoms with Gasteiger partial charge in [0.25, 0.3) is 0 Å². The van der Waals surface area contributed by atoms with Gasteiger partial charge in [-0.2, -0.15) is 0 Å². The van der Waals surface area contributed by atoms with Crippen molar-refractivity contribution in [3.05, 3.63) is 79.2 Å². The van der Waals surface area contributed by atoms with E-state index < -0.39 is 44.7 Å². The zero-order valence-corrected chi connectivity index (χ0v) is 24.3. The average Bonchev–Trinajstić information content (AvgIpc) is 2.96. The molecule has 0 unspecified atom stereocenters. The van der Waals surface area contributed by atoms with Crippen molar-refractivity contribution >= 4 is 41.9 Å². The lowest BCUT2D eigenvalue weighted by molar-refractivity contribution is -0.148. The van der Waals surface area contributed by atoms with Crippen molar-refractivity contribution in [3.63, 3.8) is 0 Å². The Morgan fingerprint density at radius 1 is 1.21 bits per heavy atom. The topological polar surface area (TPSA) is 85.3 Å². The van der Waals surface area contributed by atoms with Crippen LogP contribution in [0.25, 0.3) is 5.57 Å². The van der Waals surface area contributed by atoms with Crippen molar-refractivity contribution in [2.45, 2.75) is 45.8 Å². The molecule has 3 heterocycles. The largest absolute Gasteiger partial charge is 0.490 e. The van der Waals surface area contributed by atoms with Crippen molar-refractivity contribution in [2.75, 3.05) is 26.8 Å². The predicted molar refractivity (Wildman–Crippen MR) is 154 cm³/mol. The van der Waals surface area contributed by atoms with Gasteiger partial charge in [0.05, 0.1) is 20.3 Å². The quantitative estimate of drug-likeness (QED) is 0.354. The second kappa shape index (κ2) is 11.6. The molecule has 206 valence electrons. The number of amides is 1. The van der Waals surface area contributed by atoms with E-state index in [1.165, 1.54) is 16.7 Å². The van der Waals surface area contributed by atoms with Crippen LogP contribution in [0.4, 0.5) is 9.18 Å². The molecular formula is C30H31FINO6. The Morgan fingerprint density at radius 2 is 1.97 bits per heavy atom. The van der Waals surface area contributed by atoms with Gasteiger partial charge in [-0.3, -0.25) is 0 Å². The van der Waals surface area contributed by atoms with Gasteiger partial charge >= 0.3 is 12.1 Å². The summed E-state index contributed by atoms with van der Waals surface area (Å²) < 4.78 is 33.7. The normalized spacial score (nSPS) is 17.8. The van der Waals surface area contributed by atoms with Gasteiger partial charge < -0.3 is 24.2 Å². The molecule has 3 aliphatic rings. The molecule has 5 rings (SSSR count). The van der Waals surface area contributed by atoms with Crippen molar-refractivity contribution in [2.24, 2.45) is 0 Å². The number of carbonyl (C=O) groups is 2. The molecule has 1 fully saturated rings. The van der Waals surface area contributed by atoms with Gasteiger partial charge in [-0.05, 0) is 74.1 Å². The number of ether oxygens (including phenoxy) is 3. The number of halogens is 2. The highest BCUT2D eigenvalue weighted by atomic mass is 127. The summed E-state index contributed by atoms with van der Waals surface area (Å²) in [6, 6.07) is 10.9. The SMILES string of the molecule is COC(=O)[C@@H](O)C1=C(C)I=C2CCN(C(=O)OCc3ccccc3)CC2=C1c1cc(F)c2c(c1C)CCCO2. The lowest BCUT2D eigenvalue weighted by atomic mass is 9.82. The number of allylic oxidation sites excluding steroid dienone is 1. The minimum Gasteiger partial charge on any atom is -0.490 e. The molecular weight excluding hydrogens is 616 g/mol. The Hall–Kier alpha value is -3.05. The van der Waals surface area contributed by atoms with Gasteiger partial charge in [0, 0.05) is 17.7 Å². The summed E-state index contributed by atoms with van der Waals surface area (Å²) in [5.41, 5.74) is 5.05. The monoisotopic (exact) mass is 647 g/mol. The molecule has 9 heteroatoms. The van der Waals surface area contributed by atoms with Gasteiger partial charge in [0.2, 0.25) is 0 Å². The first-order valence-corrected chi connectivity index (χ1v) is 15.1. The summed E-state index contributed by atoms with van der Waals surface area (Å²) in [5.74, 6) is -0.977. The maximum atomic E-state index is 15.4. The molecule has 0 aromatic heterocycles. The first-order valence-electron chi connectivity index (χ1n) is 12.9. The van der Waals surface area contributed by atoms with Crippen LogP contribution in [0, 0.1) is 12.7 Å². The van der Waals surface area contributed by atoms with Crippen LogP contribution in [0.15, 0.2) is 51.1 Å². The van der Waals surface area contributed by atoms with Gasteiger partial charge in [-0.25, -0.2) is 14.0 Å². The molecule has 0 bridgehead atoms. The van der Waals surface area contributed by atoms with Crippen molar-refractivity contribution < 1.29 is 33.3 Å². The van der Waals surface area contributed by atoms with Gasteiger partial charge in [0.1, 0.15) is 6.61 Å². The first-order chi connectivity index (χ1) is 18.8. The number of rotatable bonds is 5. The molecule has 2 aromatic rings. The Kier molecular flexibility index (Phi) is 8.18. The average molecular weight is 647 g/mol. The van der Waals surface area contributed by atoms with E-state index in [4.69, 9.17) is 14.2 Å². The van der Waals surface area contributed by atoms with E-state index in [0.717, 1.165) is 32.3 Å². The van der Waals surface area contributed by atoms with Crippen LogP contribution in [-0.4, -0.2) is 58.5 Å². The summed E-state index contributed by atoms with van der Waals surface area (Å²) in [4.78, 5) is 27.3. The summed E-state index contributed by atoms with van der Waals surface area (Å²) in [6.45, 7) is 5.22. The summed E-state index contributed by atoms with van der Waals surface area (Å²) in [6.07, 6.45) is 0.146. The molecule has 1 N–H and O–H groups in total. The second-order valence-corrected chi connectivity index (χ2v) is 13.2. The Labute approximate surface area is 237 Å². The lowest BCUT2D eigenvalue weighted by Crippen LogP contribution is -2.41. The first kappa shape index (κ1) is 27.5. The summed E-state index contributed by atoms with van der Waals surface area (Å²) in [5, 5.41) is 11.1. The van der Waals surface area contributed by atoms with E-state index >= 15 is 4.39 Å². The van der Waals surface area contributed by atoms with Crippen molar-refractivity contribution in [3.8, 4) is 5.75 Å². The number of hydrogen-bond donors (Lipinski definition) is 1. The number of benzene rings is 2. The number of aliphatic hydroxyl groups is 1. The van der Waals surface area contributed by atoms with Crippen molar-refractivity contribution in [1.29, 1.82) is 0 Å². The van der Waals surface area contributed by atoms with E-state index in [2.05, 4.69) is 0 Å². The third-order valence-corrected chi connectivity index (χ3v) is 10.6. The number of likely N-dealkylation sites (tertiary alicyclic amines) is 1. The van der Waals surface area contributed by atoms with Crippen LogP contribution in [0.1, 0.15) is 42.0 Å². The Balaban J connectivity index is 1.59. The van der Waals surface area contributed by atoms with E-state index in [-0.39, 0.29) is 18.9 Å². The molecule has 0 aliphatic carbocycles. The lowest BCUT2D eigenvalue weighted by Gasteiger charge is -2.36. The Bertz CT molecular complexity index is 1410. The van der Waals surface area contributed by atoms with E-state index in [1.807, 2.05) is 44.2 Å². The standard InChI is InChI=1S/C30H31FINO6/c1-17-20-10-7-13-38-28(20)23(31)14-21(17)26-22-15-33(30(36)39-16-19-8-5-4-6-9-19)12-11-24(22)32-18(2)25(26)27(34)29(35)37-3/h4-6,8-9,14,27,34H,7,10-13,15-16H2,1-3H3/t27-/m0/s1. The van der Waals surface area contributed by atoms with E-state index in [0.29, 0.717) is 42.7 Å². The zero-order valence-electron chi connectivity index (χ0n) is 22.2. The zero-order chi connectivity index (χ0) is 27.7. The molecule has 2 aromatic carbocycles. The Morgan fingerprint density at radius 3 is 2.72 bits per heavy atom. The number of methoxy groups -OCH3 is 1. The highest BCUT2D eigenvalue weighted by molar-refractivity contribution is 14.2. The molecule has 1 amide bonds. The summed E-state index contributed by atoms with van der Waals surface area (Å²) >= 11 is -0.672. The van der Waals surface area contributed by atoms with Gasteiger partial charge in [-0.15, -0.1) is 0 Å². The van der Waals surface area contributed by atoms with Crippen LogP contribution < -0.4 is 4.74 Å².